The molecule has 0 aromatic heterocycles. The number of ether oxygens (including phenoxy) is 1. The van der Waals surface area contributed by atoms with E-state index in [-0.39, 0.29) is 0 Å². The Morgan fingerprint density at radius 2 is 2.05 bits per heavy atom. The standard InChI is InChI=1S/C17H18ClNO2/c1-12(20)13-6-7-16(15(18)10-13)19-8-9-21-17-5-3-2-4-14(17)11-19/h2-7,10,12,20H,8-9,11H2,1H3. The summed E-state index contributed by atoms with van der Waals surface area (Å²) in [6.07, 6.45) is -0.509. The minimum absolute atomic E-state index is 0.509. The first kappa shape index (κ1) is 14.2. The predicted octanol–water partition coefficient (Wildman–Crippen LogP) is 3.79. The number of para-hydroxylation sites is 1. The van der Waals surface area contributed by atoms with E-state index in [9.17, 15) is 5.11 Å². The van der Waals surface area contributed by atoms with Crippen LogP contribution < -0.4 is 9.64 Å². The molecule has 1 unspecified atom stereocenters. The van der Waals surface area contributed by atoms with Gasteiger partial charge in [0.05, 0.1) is 23.4 Å². The van der Waals surface area contributed by atoms with Gasteiger partial charge in [0.2, 0.25) is 0 Å². The summed E-state index contributed by atoms with van der Waals surface area (Å²) < 4.78 is 5.78. The monoisotopic (exact) mass is 303 g/mol. The van der Waals surface area contributed by atoms with Gasteiger partial charge in [-0.15, -0.1) is 0 Å². The molecule has 0 spiro atoms. The van der Waals surface area contributed by atoms with Gasteiger partial charge in [-0.05, 0) is 30.7 Å². The Labute approximate surface area is 129 Å². The van der Waals surface area contributed by atoms with Crippen LogP contribution >= 0.6 is 11.6 Å². The van der Waals surface area contributed by atoms with Crippen LogP contribution in [0.4, 0.5) is 5.69 Å². The van der Waals surface area contributed by atoms with Gasteiger partial charge in [0.15, 0.2) is 0 Å². The maximum absolute atomic E-state index is 9.63. The molecule has 2 aromatic rings. The van der Waals surface area contributed by atoms with Crippen LogP contribution in [0.15, 0.2) is 42.5 Å². The number of halogens is 1. The summed E-state index contributed by atoms with van der Waals surface area (Å²) in [7, 11) is 0. The molecule has 1 heterocycles. The van der Waals surface area contributed by atoms with E-state index in [0.29, 0.717) is 11.6 Å². The summed E-state index contributed by atoms with van der Waals surface area (Å²) in [6, 6.07) is 13.8. The third-order valence-electron chi connectivity index (χ3n) is 3.75. The number of hydrogen-bond acceptors (Lipinski definition) is 3. The van der Waals surface area contributed by atoms with E-state index >= 15 is 0 Å². The molecule has 0 saturated heterocycles. The highest BCUT2D eigenvalue weighted by molar-refractivity contribution is 6.33. The van der Waals surface area contributed by atoms with Crippen molar-refractivity contribution in [1.29, 1.82) is 0 Å². The zero-order chi connectivity index (χ0) is 14.8. The van der Waals surface area contributed by atoms with Gasteiger partial charge in [0.1, 0.15) is 12.4 Å². The first-order valence-corrected chi connectivity index (χ1v) is 7.46. The minimum atomic E-state index is -0.509. The summed E-state index contributed by atoms with van der Waals surface area (Å²) in [4.78, 5) is 2.21. The third-order valence-corrected chi connectivity index (χ3v) is 4.05. The Bertz CT molecular complexity index is 642. The average Bonchev–Trinajstić information content (AvgIpc) is 2.69. The van der Waals surface area contributed by atoms with Crippen LogP contribution in [0.25, 0.3) is 0 Å². The largest absolute Gasteiger partial charge is 0.491 e. The van der Waals surface area contributed by atoms with E-state index < -0.39 is 6.10 Å². The van der Waals surface area contributed by atoms with Crippen molar-refractivity contribution in [2.24, 2.45) is 0 Å². The van der Waals surface area contributed by atoms with E-state index in [1.807, 2.05) is 36.4 Å². The topological polar surface area (TPSA) is 32.7 Å². The first-order chi connectivity index (χ1) is 10.1. The van der Waals surface area contributed by atoms with Crippen molar-refractivity contribution in [3.63, 3.8) is 0 Å². The number of anilines is 1. The van der Waals surface area contributed by atoms with Gasteiger partial charge in [-0.3, -0.25) is 0 Å². The lowest BCUT2D eigenvalue weighted by molar-refractivity contribution is 0.199. The second kappa shape index (κ2) is 5.96. The van der Waals surface area contributed by atoms with Crippen molar-refractivity contribution in [3.05, 3.63) is 58.6 Å². The molecule has 0 saturated carbocycles. The summed E-state index contributed by atoms with van der Waals surface area (Å²) in [5.41, 5.74) is 2.96. The van der Waals surface area contributed by atoms with Crippen molar-refractivity contribution < 1.29 is 9.84 Å². The fraction of sp³-hybridized carbons (Fsp3) is 0.294. The van der Waals surface area contributed by atoms with Crippen molar-refractivity contribution in [2.75, 3.05) is 18.1 Å². The number of fused-ring (bicyclic) bond motifs is 1. The molecule has 0 bridgehead atoms. The molecule has 0 radical (unpaired) electrons. The number of hydrogen-bond donors (Lipinski definition) is 1. The van der Waals surface area contributed by atoms with E-state index in [2.05, 4.69) is 11.0 Å². The van der Waals surface area contributed by atoms with Crippen LogP contribution in [-0.4, -0.2) is 18.3 Å². The van der Waals surface area contributed by atoms with Gasteiger partial charge >= 0.3 is 0 Å². The predicted molar refractivity (Wildman–Crippen MR) is 85.1 cm³/mol. The van der Waals surface area contributed by atoms with Crippen molar-refractivity contribution in [1.82, 2.24) is 0 Å². The van der Waals surface area contributed by atoms with E-state index in [1.165, 1.54) is 0 Å². The van der Waals surface area contributed by atoms with Gasteiger partial charge in [0, 0.05) is 12.1 Å². The fourth-order valence-corrected chi connectivity index (χ4v) is 2.88. The van der Waals surface area contributed by atoms with Gasteiger partial charge in [-0.1, -0.05) is 35.9 Å². The van der Waals surface area contributed by atoms with E-state index in [4.69, 9.17) is 16.3 Å². The highest BCUT2D eigenvalue weighted by Gasteiger charge is 2.17. The normalized spacial score (nSPS) is 15.9. The SMILES string of the molecule is CC(O)c1ccc(N2CCOc3ccccc3C2)c(Cl)c1. The van der Waals surface area contributed by atoms with Crippen molar-refractivity contribution >= 4 is 17.3 Å². The van der Waals surface area contributed by atoms with Gasteiger partial charge in [-0.2, -0.15) is 0 Å². The average molecular weight is 304 g/mol. The fourth-order valence-electron chi connectivity index (χ4n) is 2.57. The van der Waals surface area contributed by atoms with Crippen molar-refractivity contribution in [3.8, 4) is 5.75 Å². The molecule has 3 nitrogen and oxygen atoms in total. The van der Waals surface area contributed by atoms with E-state index in [0.717, 1.165) is 35.7 Å². The molecule has 0 amide bonds. The summed E-state index contributed by atoms with van der Waals surface area (Å²) in [6.45, 7) is 3.92. The van der Waals surface area contributed by atoms with Crippen LogP contribution in [0, 0.1) is 0 Å². The lowest BCUT2D eigenvalue weighted by atomic mass is 10.1. The van der Waals surface area contributed by atoms with Crippen LogP contribution in [0.3, 0.4) is 0 Å². The minimum Gasteiger partial charge on any atom is -0.491 e. The molecule has 2 aromatic carbocycles. The zero-order valence-corrected chi connectivity index (χ0v) is 12.7. The lowest BCUT2D eigenvalue weighted by Gasteiger charge is -2.24. The summed E-state index contributed by atoms with van der Waals surface area (Å²) >= 11 is 6.39. The number of aliphatic hydroxyl groups is 1. The van der Waals surface area contributed by atoms with Gasteiger partial charge in [0.25, 0.3) is 0 Å². The molecule has 1 aliphatic rings. The maximum atomic E-state index is 9.63. The van der Waals surface area contributed by atoms with Gasteiger partial charge in [-0.25, -0.2) is 0 Å². The lowest BCUT2D eigenvalue weighted by Crippen LogP contribution is -2.25. The third kappa shape index (κ3) is 2.99. The molecule has 1 aliphatic heterocycles. The molecule has 1 N–H and O–H groups in total. The molecule has 0 fully saturated rings. The highest BCUT2D eigenvalue weighted by atomic mass is 35.5. The Morgan fingerprint density at radius 3 is 2.81 bits per heavy atom. The van der Waals surface area contributed by atoms with Crippen LogP contribution in [0.5, 0.6) is 5.75 Å². The molecule has 0 aliphatic carbocycles. The highest BCUT2D eigenvalue weighted by Crippen LogP contribution is 2.32. The number of rotatable bonds is 2. The Morgan fingerprint density at radius 1 is 1.24 bits per heavy atom. The molecule has 4 heteroatoms. The molecule has 3 rings (SSSR count). The van der Waals surface area contributed by atoms with Crippen LogP contribution in [0.2, 0.25) is 5.02 Å². The Balaban J connectivity index is 1.91. The van der Waals surface area contributed by atoms with Gasteiger partial charge < -0.3 is 14.7 Å². The smallest absolute Gasteiger partial charge is 0.124 e. The molecular formula is C17H18ClNO2. The van der Waals surface area contributed by atoms with Crippen LogP contribution in [0.1, 0.15) is 24.2 Å². The molecular weight excluding hydrogens is 286 g/mol. The number of nitrogens with zero attached hydrogens (tertiary/aromatic N) is 1. The Kier molecular flexibility index (Phi) is 4.04. The second-order valence-electron chi connectivity index (χ2n) is 5.26. The second-order valence-corrected chi connectivity index (χ2v) is 5.67. The van der Waals surface area contributed by atoms with Crippen molar-refractivity contribution in [2.45, 2.75) is 19.6 Å². The summed E-state index contributed by atoms with van der Waals surface area (Å²) in [5, 5.41) is 10.3. The quantitative estimate of drug-likeness (QED) is 0.916. The number of benzene rings is 2. The maximum Gasteiger partial charge on any atom is 0.124 e. The molecule has 1 atom stereocenters. The first-order valence-electron chi connectivity index (χ1n) is 7.08. The Hall–Kier alpha value is -1.71. The van der Waals surface area contributed by atoms with Crippen LogP contribution in [-0.2, 0) is 6.54 Å². The van der Waals surface area contributed by atoms with E-state index in [1.54, 1.807) is 6.92 Å². The molecule has 21 heavy (non-hydrogen) atoms. The zero-order valence-electron chi connectivity index (χ0n) is 11.9. The number of aliphatic hydroxyl groups excluding tert-OH is 1. The summed E-state index contributed by atoms with van der Waals surface area (Å²) in [5.74, 6) is 0.941. The molecule has 110 valence electrons.